The van der Waals surface area contributed by atoms with E-state index in [0.717, 1.165) is 24.8 Å². The second-order valence-electron chi connectivity index (χ2n) is 8.72. The van der Waals surface area contributed by atoms with Crippen LogP contribution in [0.15, 0.2) is 72.8 Å². The van der Waals surface area contributed by atoms with Crippen molar-refractivity contribution in [2.24, 2.45) is 0 Å². The number of pyridine rings is 2. The molecule has 4 rings (SSSR count). The monoisotopic (exact) mass is 501 g/mol. The molecule has 2 aromatic heterocycles. The van der Waals surface area contributed by atoms with Crippen molar-refractivity contribution in [1.29, 1.82) is 0 Å². The third kappa shape index (κ3) is 5.80. The zero-order valence-corrected chi connectivity index (χ0v) is 21.1. The van der Waals surface area contributed by atoms with E-state index in [1.165, 1.54) is 17.3 Å². The molecule has 1 aliphatic heterocycles. The number of carbonyl (C=O) groups is 2. The lowest BCUT2D eigenvalue weighted by molar-refractivity contribution is -0.140. The van der Waals surface area contributed by atoms with Crippen molar-refractivity contribution in [2.45, 2.75) is 45.7 Å². The molecule has 0 radical (unpaired) electrons. The van der Waals surface area contributed by atoms with Gasteiger partial charge in [0.1, 0.15) is 5.76 Å². The van der Waals surface area contributed by atoms with E-state index in [-0.39, 0.29) is 17.9 Å². The van der Waals surface area contributed by atoms with Crippen LogP contribution in [0.2, 0.25) is 0 Å². The lowest BCUT2D eigenvalue weighted by atomic mass is 9.95. The summed E-state index contributed by atoms with van der Waals surface area (Å²) in [6.45, 7) is 5.14. The van der Waals surface area contributed by atoms with Gasteiger partial charge >= 0.3 is 0 Å². The molecule has 0 saturated carbocycles. The lowest BCUT2D eigenvalue weighted by Gasteiger charge is -2.26. The van der Waals surface area contributed by atoms with Gasteiger partial charge in [-0.3, -0.25) is 19.6 Å². The molecule has 1 aromatic carbocycles. The van der Waals surface area contributed by atoms with Crippen molar-refractivity contribution < 1.29 is 24.2 Å². The number of hydrogen-bond acceptors (Lipinski definition) is 7. The fourth-order valence-electron chi connectivity index (χ4n) is 4.36. The average Bonchev–Trinajstić information content (AvgIpc) is 3.17. The van der Waals surface area contributed by atoms with Crippen LogP contribution in [0.5, 0.6) is 11.5 Å². The van der Waals surface area contributed by atoms with E-state index >= 15 is 0 Å². The minimum absolute atomic E-state index is 0.0131. The number of carbonyl (C=O) groups excluding carboxylic acids is 2. The van der Waals surface area contributed by atoms with Gasteiger partial charge in [0.2, 0.25) is 0 Å². The van der Waals surface area contributed by atoms with Crippen LogP contribution in [0.4, 0.5) is 0 Å². The number of benzene rings is 1. The molecular formula is C29H31N3O5. The Kier molecular flexibility index (Phi) is 8.51. The van der Waals surface area contributed by atoms with Gasteiger partial charge < -0.3 is 19.5 Å². The van der Waals surface area contributed by atoms with Gasteiger partial charge in [-0.05, 0) is 54.8 Å². The summed E-state index contributed by atoms with van der Waals surface area (Å²) in [4.78, 5) is 36.1. The van der Waals surface area contributed by atoms with E-state index in [2.05, 4.69) is 16.9 Å². The summed E-state index contributed by atoms with van der Waals surface area (Å²) in [5.74, 6) is -0.576. The minimum atomic E-state index is -0.832. The zero-order valence-electron chi connectivity index (χ0n) is 21.1. The predicted molar refractivity (Wildman–Crippen MR) is 139 cm³/mol. The number of unbranched alkanes of at least 4 members (excludes halogenated alkanes) is 2. The summed E-state index contributed by atoms with van der Waals surface area (Å²) in [6.07, 6.45) is 9.43. The van der Waals surface area contributed by atoms with Gasteiger partial charge in [-0.25, -0.2) is 0 Å². The average molecular weight is 502 g/mol. The number of aliphatic hydroxyl groups excluding tert-OH is 1. The number of ketones is 1. The molecule has 37 heavy (non-hydrogen) atoms. The van der Waals surface area contributed by atoms with Crippen LogP contribution in [-0.4, -0.2) is 44.9 Å². The summed E-state index contributed by atoms with van der Waals surface area (Å²) >= 11 is 0. The van der Waals surface area contributed by atoms with Gasteiger partial charge in [-0.1, -0.05) is 31.9 Å². The fourth-order valence-corrected chi connectivity index (χ4v) is 4.36. The quantitative estimate of drug-likeness (QED) is 0.169. The fraction of sp³-hybridized carbons (Fsp3) is 0.310. The van der Waals surface area contributed by atoms with Crippen molar-refractivity contribution in [3.05, 3.63) is 89.5 Å². The second-order valence-corrected chi connectivity index (χ2v) is 8.72. The molecule has 1 atom stereocenters. The summed E-state index contributed by atoms with van der Waals surface area (Å²) in [5, 5.41) is 11.2. The molecule has 0 bridgehead atoms. The highest BCUT2D eigenvalue weighted by molar-refractivity contribution is 6.46. The largest absolute Gasteiger partial charge is 0.507 e. The highest BCUT2D eigenvalue weighted by atomic mass is 16.5. The summed E-state index contributed by atoms with van der Waals surface area (Å²) in [5.41, 5.74) is 1.81. The van der Waals surface area contributed by atoms with Crippen molar-refractivity contribution in [1.82, 2.24) is 14.9 Å². The first-order valence-corrected chi connectivity index (χ1v) is 12.5. The van der Waals surface area contributed by atoms with Crippen LogP contribution >= 0.6 is 0 Å². The Morgan fingerprint density at radius 3 is 2.49 bits per heavy atom. The Labute approximate surface area is 216 Å². The number of aliphatic hydroxyl groups is 1. The molecule has 8 heteroatoms. The Balaban J connectivity index is 1.79. The zero-order chi connectivity index (χ0) is 26.2. The van der Waals surface area contributed by atoms with E-state index in [1.54, 1.807) is 42.7 Å². The second kappa shape index (κ2) is 12.2. The Hall–Kier alpha value is -4.20. The smallest absolute Gasteiger partial charge is 0.295 e. The number of aromatic nitrogens is 2. The predicted octanol–water partition coefficient (Wildman–Crippen LogP) is 5.07. The molecule has 0 spiro atoms. The first-order valence-electron chi connectivity index (χ1n) is 12.5. The number of hydrogen-bond donors (Lipinski definition) is 1. The molecule has 1 saturated heterocycles. The molecule has 3 aromatic rings. The summed E-state index contributed by atoms with van der Waals surface area (Å²) < 4.78 is 11.8. The van der Waals surface area contributed by atoms with Crippen LogP contribution in [0.1, 0.15) is 55.8 Å². The van der Waals surface area contributed by atoms with Crippen LogP contribution < -0.4 is 9.47 Å². The van der Waals surface area contributed by atoms with Crippen molar-refractivity contribution in [3.8, 4) is 11.5 Å². The standard InChI is InChI=1S/C29H31N3O5/c1-3-5-6-16-37-23-10-9-22(17-24(23)36-4-2)26-25(27(33)21-11-14-30-15-12-21)28(34)29(35)32(26)19-20-8-7-13-31-18-20/h7-15,17-18,26,33H,3-6,16,19H2,1-2H3/b27-25+. The molecule has 1 N–H and O–H groups in total. The highest BCUT2D eigenvalue weighted by Gasteiger charge is 2.46. The SMILES string of the molecule is CCCCCOc1ccc(C2/C(=C(\O)c3ccncc3)C(=O)C(=O)N2Cc2cccnc2)cc1OCC. The van der Waals surface area contributed by atoms with E-state index in [9.17, 15) is 14.7 Å². The lowest BCUT2D eigenvalue weighted by Crippen LogP contribution is -2.29. The van der Waals surface area contributed by atoms with E-state index in [4.69, 9.17) is 9.47 Å². The molecular weight excluding hydrogens is 470 g/mol. The maximum atomic E-state index is 13.3. The highest BCUT2D eigenvalue weighted by Crippen LogP contribution is 2.42. The topological polar surface area (TPSA) is 102 Å². The first-order chi connectivity index (χ1) is 18.0. The molecule has 1 fully saturated rings. The molecule has 3 heterocycles. The third-order valence-corrected chi connectivity index (χ3v) is 6.16. The molecule has 0 aliphatic carbocycles. The van der Waals surface area contributed by atoms with Crippen LogP contribution in [0.25, 0.3) is 5.76 Å². The number of nitrogens with zero attached hydrogens (tertiary/aromatic N) is 3. The number of likely N-dealkylation sites (tertiary alicyclic amines) is 1. The Morgan fingerprint density at radius 1 is 0.973 bits per heavy atom. The van der Waals surface area contributed by atoms with Crippen molar-refractivity contribution in [2.75, 3.05) is 13.2 Å². The molecule has 192 valence electrons. The molecule has 1 aliphatic rings. The Morgan fingerprint density at radius 2 is 1.78 bits per heavy atom. The van der Waals surface area contributed by atoms with Gasteiger partial charge in [0.05, 0.1) is 24.8 Å². The summed E-state index contributed by atoms with van der Waals surface area (Å²) in [7, 11) is 0. The molecule has 8 nitrogen and oxygen atoms in total. The molecule has 1 amide bonds. The summed E-state index contributed by atoms with van der Waals surface area (Å²) in [6, 6.07) is 11.4. The maximum absolute atomic E-state index is 13.3. The van der Waals surface area contributed by atoms with Gasteiger partial charge in [-0.2, -0.15) is 0 Å². The van der Waals surface area contributed by atoms with Crippen molar-refractivity contribution in [3.63, 3.8) is 0 Å². The Bertz CT molecular complexity index is 1260. The normalized spacial score (nSPS) is 16.7. The van der Waals surface area contributed by atoms with Crippen LogP contribution in [0, 0.1) is 0 Å². The number of ether oxygens (including phenoxy) is 2. The van der Waals surface area contributed by atoms with Gasteiger partial charge in [0, 0.05) is 36.9 Å². The van der Waals surface area contributed by atoms with E-state index < -0.39 is 17.7 Å². The number of rotatable bonds is 11. The van der Waals surface area contributed by atoms with Gasteiger partial charge in [-0.15, -0.1) is 0 Å². The minimum Gasteiger partial charge on any atom is -0.507 e. The molecule has 1 unspecified atom stereocenters. The van der Waals surface area contributed by atoms with Crippen LogP contribution in [-0.2, 0) is 16.1 Å². The van der Waals surface area contributed by atoms with Gasteiger partial charge in [0.25, 0.3) is 11.7 Å². The van der Waals surface area contributed by atoms with Crippen molar-refractivity contribution >= 4 is 17.4 Å². The first kappa shape index (κ1) is 25.9. The van der Waals surface area contributed by atoms with Crippen LogP contribution in [0.3, 0.4) is 0 Å². The van der Waals surface area contributed by atoms with E-state index in [1.807, 2.05) is 19.1 Å². The maximum Gasteiger partial charge on any atom is 0.295 e. The van der Waals surface area contributed by atoms with E-state index in [0.29, 0.717) is 35.8 Å². The third-order valence-electron chi connectivity index (χ3n) is 6.16. The number of Topliss-reactive ketones (excluding diaryl/α,β-unsaturated/α-hetero) is 1. The number of amides is 1. The van der Waals surface area contributed by atoms with Gasteiger partial charge in [0.15, 0.2) is 11.5 Å².